The standard InChI is InChI=1S/C25H26N6O2/c1-17-23(8-5-13-26-17)33-24-10-9-18(16-27-24)28-25(32)29-31-14-11-20-19-6-3-4-7-21(19)30(2)22(20)12-15-31/h3-10,13,16H,11-12,14-15H2,1-2H3,(H2,28,29,32). The van der Waals surface area contributed by atoms with Crippen LogP contribution in [0.2, 0.25) is 0 Å². The van der Waals surface area contributed by atoms with E-state index >= 15 is 0 Å². The van der Waals surface area contributed by atoms with Crippen LogP contribution in [0.5, 0.6) is 11.6 Å². The van der Waals surface area contributed by atoms with Crippen LogP contribution < -0.4 is 15.5 Å². The highest BCUT2D eigenvalue weighted by molar-refractivity contribution is 5.89. The van der Waals surface area contributed by atoms with Gasteiger partial charge in [-0.25, -0.2) is 14.8 Å². The van der Waals surface area contributed by atoms with E-state index in [1.54, 1.807) is 24.5 Å². The second-order valence-electron chi connectivity index (χ2n) is 8.13. The summed E-state index contributed by atoms with van der Waals surface area (Å²) in [4.78, 5) is 21.0. The van der Waals surface area contributed by atoms with E-state index in [1.165, 1.54) is 22.2 Å². The summed E-state index contributed by atoms with van der Waals surface area (Å²) in [5, 5.41) is 6.12. The number of carbonyl (C=O) groups excluding carboxylic acids is 1. The summed E-state index contributed by atoms with van der Waals surface area (Å²) in [6.07, 6.45) is 5.05. The Balaban J connectivity index is 1.18. The van der Waals surface area contributed by atoms with Crippen LogP contribution in [-0.4, -0.2) is 38.7 Å². The van der Waals surface area contributed by atoms with Crippen molar-refractivity contribution >= 4 is 22.6 Å². The summed E-state index contributed by atoms with van der Waals surface area (Å²) < 4.78 is 8.03. The predicted molar refractivity (Wildman–Crippen MR) is 127 cm³/mol. The van der Waals surface area contributed by atoms with Crippen molar-refractivity contribution in [3.05, 3.63) is 77.9 Å². The van der Waals surface area contributed by atoms with Gasteiger partial charge in [0.15, 0.2) is 5.75 Å². The molecule has 168 valence electrons. The van der Waals surface area contributed by atoms with Gasteiger partial charge in [-0.15, -0.1) is 0 Å². The van der Waals surface area contributed by atoms with Crippen molar-refractivity contribution in [2.45, 2.75) is 19.8 Å². The molecule has 0 saturated carbocycles. The number of pyridine rings is 2. The molecule has 2 N–H and O–H groups in total. The molecule has 0 unspecified atom stereocenters. The van der Waals surface area contributed by atoms with Gasteiger partial charge in [0, 0.05) is 55.4 Å². The molecule has 5 rings (SSSR count). The lowest BCUT2D eigenvalue weighted by Crippen LogP contribution is -2.45. The quantitative estimate of drug-likeness (QED) is 0.495. The van der Waals surface area contributed by atoms with Crippen LogP contribution in [-0.2, 0) is 19.9 Å². The Kier molecular flexibility index (Phi) is 5.66. The Hall–Kier alpha value is -3.91. The molecule has 0 saturated heterocycles. The van der Waals surface area contributed by atoms with Crippen LogP contribution in [0.4, 0.5) is 10.5 Å². The highest BCUT2D eigenvalue weighted by Gasteiger charge is 2.21. The van der Waals surface area contributed by atoms with Gasteiger partial charge in [-0.3, -0.25) is 10.4 Å². The monoisotopic (exact) mass is 442 g/mol. The molecule has 1 aromatic carbocycles. The number of benzene rings is 1. The van der Waals surface area contributed by atoms with Crippen molar-refractivity contribution in [2.24, 2.45) is 7.05 Å². The van der Waals surface area contributed by atoms with Crippen LogP contribution in [0.25, 0.3) is 10.9 Å². The maximum absolute atomic E-state index is 12.6. The lowest BCUT2D eigenvalue weighted by atomic mass is 10.1. The third kappa shape index (κ3) is 4.38. The second-order valence-corrected chi connectivity index (χ2v) is 8.13. The first kappa shape index (κ1) is 21.0. The zero-order chi connectivity index (χ0) is 22.8. The molecule has 0 fully saturated rings. The number of anilines is 1. The third-order valence-corrected chi connectivity index (χ3v) is 6.02. The predicted octanol–water partition coefficient (Wildman–Crippen LogP) is 4.21. The fraction of sp³-hybridized carbons (Fsp3) is 0.240. The molecular weight excluding hydrogens is 416 g/mol. The SMILES string of the molecule is Cc1ncccc1Oc1ccc(NC(=O)NN2CCc3c(n(C)c4ccccc34)CC2)cn1. The zero-order valence-corrected chi connectivity index (χ0v) is 18.7. The molecular formula is C25H26N6O2. The van der Waals surface area contributed by atoms with Gasteiger partial charge in [-0.1, -0.05) is 18.2 Å². The lowest BCUT2D eigenvalue weighted by Gasteiger charge is -2.21. The van der Waals surface area contributed by atoms with E-state index in [2.05, 4.69) is 56.6 Å². The number of aromatic nitrogens is 3. The van der Waals surface area contributed by atoms with E-state index in [-0.39, 0.29) is 6.03 Å². The Morgan fingerprint density at radius 1 is 1.03 bits per heavy atom. The smallest absolute Gasteiger partial charge is 0.333 e. The van der Waals surface area contributed by atoms with Gasteiger partial charge >= 0.3 is 6.03 Å². The van der Waals surface area contributed by atoms with Crippen LogP contribution in [0, 0.1) is 6.92 Å². The molecule has 0 spiro atoms. The number of hydrazine groups is 1. The van der Waals surface area contributed by atoms with Crippen molar-refractivity contribution < 1.29 is 9.53 Å². The summed E-state index contributed by atoms with van der Waals surface area (Å²) in [7, 11) is 2.12. The first-order valence-electron chi connectivity index (χ1n) is 11.0. The minimum Gasteiger partial charge on any atom is -0.437 e. The van der Waals surface area contributed by atoms with Gasteiger partial charge in [0.05, 0.1) is 17.6 Å². The summed E-state index contributed by atoms with van der Waals surface area (Å²) in [5.41, 5.74) is 8.32. The van der Waals surface area contributed by atoms with Gasteiger partial charge < -0.3 is 14.6 Å². The van der Waals surface area contributed by atoms with E-state index in [0.29, 0.717) is 17.3 Å². The van der Waals surface area contributed by atoms with E-state index in [9.17, 15) is 4.79 Å². The average molecular weight is 443 g/mol. The van der Waals surface area contributed by atoms with E-state index in [0.717, 1.165) is 31.6 Å². The van der Waals surface area contributed by atoms with Crippen molar-refractivity contribution in [3.8, 4) is 11.6 Å². The number of carbonyl (C=O) groups is 1. The minimum absolute atomic E-state index is 0.288. The zero-order valence-electron chi connectivity index (χ0n) is 18.7. The van der Waals surface area contributed by atoms with Crippen molar-refractivity contribution in [2.75, 3.05) is 18.4 Å². The number of fused-ring (bicyclic) bond motifs is 3. The van der Waals surface area contributed by atoms with E-state index in [1.807, 2.05) is 24.1 Å². The number of urea groups is 1. The number of rotatable bonds is 4. The van der Waals surface area contributed by atoms with Crippen LogP contribution in [0.1, 0.15) is 17.0 Å². The van der Waals surface area contributed by atoms with Gasteiger partial charge in [-0.2, -0.15) is 0 Å². The van der Waals surface area contributed by atoms with Crippen LogP contribution in [0.15, 0.2) is 60.9 Å². The Morgan fingerprint density at radius 2 is 1.88 bits per heavy atom. The Bertz CT molecular complexity index is 1300. The van der Waals surface area contributed by atoms with Crippen LogP contribution in [0.3, 0.4) is 0 Å². The molecule has 1 aliphatic rings. The molecule has 8 heteroatoms. The second kappa shape index (κ2) is 8.91. The fourth-order valence-corrected chi connectivity index (χ4v) is 4.34. The molecule has 0 radical (unpaired) electrons. The highest BCUT2D eigenvalue weighted by atomic mass is 16.5. The van der Waals surface area contributed by atoms with Gasteiger partial charge in [-0.05, 0) is 43.2 Å². The lowest BCUT2D eigenvalue weighted by molar-refractivity contribution is 0.190. The molecule has 8 nitrogen and oxygen atoms in total. The normalized spacial score (nSPS) is 13.9. The largest absolute Gasteiger partial charge is 0.437 e. The number of nitrogens with one attached hydrogen (secondary N) is 2. The minimum atomic E-state index is -0.288. The summed E-state index contributed by atoms with van der Waals surface area (Å²) in [6, 6.07) is 15.3. The number of aryl methyl sites for hydroxylation is 2. The third-order valence-electron chi connectivity index (χ3n) is 6.02. The molecule has 0 atom stereocenters. The van der Waals surface area contributed by atoms with Crippen molar-refractivity contribution in [1.29, 1.82) is 0 Å². The Morgan fingerprint density at radius 3 is 2.70 bits per heavy atom. The first-order chi connectivity index (χ1) is 16.1. The number of hydrogen-bond acceptors (Lipinski definition) is 5. The number of para-hydroxylation sites is 1. The highest BCUT2D eigenvalue weighted by Crippen LogP contribution is 2.28. The molecule has 1 aliphatic heterocycles. The summed E-state index contributed by atoms with van der Waals surface area (Å²) in [5.74, 6) is 1.09. The Labute approximate surface area is 192 Å². The maximum atomic E-state index is 12.6. The molecule has 33 heavy (non-hydrogen) atoms. The number of amides is 2. The molecule has 0 aliphatic carbocycles. The molecule has 0 bridgehead atoms. The average Bonchev–Trinajstić information content (AvgIpc) is 2.95. The summed E-state index contributed by atoms with van der Waals surface area (Å²) >= 11 is 0. The van der Waals surface area contributed by atoms with E-state index < -0.39 is 0 Å². The number of nitrogens with zero attached hydrogens (tertiary/aromatic N) is 4. The molecule has 4 heterocycles. The maximum Gasteiger partial charge on any atom is 0.333 e. The summed E-state index contributed by atoms with van der Waals surface area (Å²) in [6.45, 7) is 3.38. The van der Waals surface area contributed by atoms with E-state index in [4.69, 9.17) is 4.74 Å². The molecule has 2 amide bonds. The van der Waals surface area contributed by atoms with Crippen molar-refractivity contribution in [1.82, 2.24) is 25.0 Å². The van der Waals surface area contributed by atoms with Gasteiger partial charge in [0.2, 0.25) is 5.88 Å². The van der Waals surface area contributed by atoms with Crippen molar-refractivity contribution in [3.63, 3.8) is 0 Å². The topological polar surface area (TPSA) is 84.3 Å². The number of ether oxygens (including phenoxy) is 1. The van der Waals surface area contributed by atoms with Crippen LogP contribution >= 0.6 is 0 Å². The van der Waals surface area contributed by atoms with Gasteiger partial charge in [0.25, 0.3) is 0 Å². The number of hydrogen-bond donors (Lipinski definition) is 2. The molecule has 4 aromatic rings. The first-order valence-corrected chi connectivity index (χ1v) is 11.0. The molecule has 3 aromatic heterocycles. The van der Waals surface area contributed by atoms with Gasteiger partial charge in [0.1, 0.15) is 0 Å². The fourth-order valence-electron chi connectivity index (χ4n) is 4.34.